The molecule has 0 saturated carbocycles. The van der Waals surface area contributed by atoms with Crippen LogP contribution >= 0.6 is 0 Å². The number of amides is 2. The van der Waals surface area contributed by atoms with Crippen LogP contribution in [0.4, 0.5) is 5.69 Å². The summed E-state index contributed by atoms with van der Waals surface area (Å²) in [5.41, 5.74) is 7.41. The summed E-state index contributed by atoms with van der Waals surface area (Å²) in [5, 5.41) is 2.78. The van der Waals surface area contributed by atoms with Crippen LogP contribution < -0.4 is 11.1 Å². The van der Waals surface area contributed by atoms with Crippen LogP contribution in [-0.4, -0.2) is 36.3 Å². The van der Waals surface area contributed by atoms with Gasteiger partial charge in [-0.3, -0.25) is 9.59 Å². The normalized spacial score (nSPS) is 18.7. The lowest BCUT2D eigenvalue weighted by molar-refractivity contribution is -0.131. The van der Waals surface area contributed by atoms with E-state index in [-0.39, 0.29) is 17.9 Å². The number of nitrogens with zero attached hydrogens (tertiary/aromatic N) is 1. The number of rotatable bonds is 4. The highest BCUT2D eigenvalue weighted by atomic mass is 16.2. The van der Waals surface area contributed by atoms with E-state index in [2.05, 4.69) is 5.32 Å². The number of carbonyl (C=O) groups excluding carboxylic acids is 2. The van der Waals surface area contributed by atoms with E-state index in [0.717, 1.165) is 5.56 Å². The minimum atomic E-state index is -0.349. The first-order chi connectivity index (χ1) is 9.06. The minimum Gasteiger partial charge on any atom is -0.399 e. The average molecular weight is 261 g/mol. The predicted octanol–water partition coefficient (Wildman–Crippen LogP) is 0.548. The summed E-state index contributed by atoms with van der Waals surface area (Å²) in [5.74, 6) is -0.0895. The molecule has 1 saturated heterocycles. The lowest BCUT2D eigenvalue weighted by Gasteiger charge is -2.12. The topological polar surface area (TPSA) is 75.4 Å². The van der Waals surface area contributed by atoms with Gasteiger partial charge in [0.25, 0.3) is 0 Å². The van der Waals surface area contributed by atoms with Gasteiger partial charge in [-0.05, 0) is 30.5 Å². The van der Waals surface area contributed by atoms with Crippen LogP contribution in [0, 0.1) is 0 Å². The molecule has 1 heterocycles. The van der Waals surface area contributed by atoms with E-state index in [9.17, 15) is 9.59 Å². The van der Waals surface area contributed by atoms with Crippen molar-refractivity contribution in [2.24, 2.45) is 0 Å². The van der Waals surface area contributed by atoms with Crippen LogP contribution in [0.15, 0.2) is 24.3 Å². The zero-order valence-electron chi connectivity index (χ0n) is 11.1. The van der Waals surface area contributed by atoms with Crippen molar-refractivity contribution in [3.05, 3.63) is 29.8 Å². The fraction of sp³-hybridized carbons (Fsp3) is 0.429. The molecule has 102 valence electrons. The molecular weight excluding hydrogens is 242 g/mol. The molecule has 1 aromatic rings. The van der Waals surface area contributed by atoms with Crippen LogP contribution in [0.1, 0.15) is 18.4 Å². The van der Waals surface area contributed by atoms with Crippen molar-refractivity contribution >= 4 is 17.5 Å². The van der Waals surface area contributed by atoms with Gasteiger partial charge in [0.2, 0.25) is 11.8 Å². The Kier molecular flexibility index (Phi) is 4.04. The largest absolute Gasteiger partial charge is 0.399 e. The quantitative estimate of drug-likeness (QED) is 0.777. The number of nitrogens with one attached hydrogen (secondary N) is 1. The summed E-state index contributed by atoms with van der Waals surface area (Å²) in [7, 11) is 1.75. The summed E-state index contributed by atoms with van der Waals surface area (Å²) in [6.07, 6.45) is 1.70. The molecule has 19 heavy (non-hydrogen) atoms. The first kappa shape index (κ1) is 13.4. The fourth-order valence-electron chi connectivity index (χ4n) is 2.23. The highest BCUT2D eigenvalue weighted by Gasteiger charge is 2.29. The van der Waals surface area contributed by atoms with E-state index < -0.39 is 0 Å². The van der Waals surface area contributed by atoms with Gasteiger partial charge in [0.1, 0.15) is 6.04 Å². The van der Waals surface area contributed by atoms with E-state index in [1.807, 2.05) is 24.3 Å². The number of hydrogen-bond donors (Lipinski definition) is 2. The second-order valence-corrected chi connectivity index (χ2v) is 4.91. The Bertz CT molecular complexity index is 487. The molecule has 1 fully saturated rings. The van der Waals surface area contributed by atoms with Crippen LogP contribution in [0.2, 0.25) is 0 Å². The summed E-state index contributed by atoms with van der Waals surface area (Å²) in [4.78, 5) is 25.1. The molecule has 0 spiro atoms. The van der Waals surface area contributed by atoms with Gasteiger partial charge in [-0.25, -0.2) is 0 Å². The van der Waals surface area contributed by atoms with Crippen LogP contribution in [0.25, 0.3) is 0 Å². The van der Waals surface area contributed by atoms with E-state index in [4.69, 9.17) is 5.73 Å². The Morgan fingerprint density at radius 3 is 2.95 bits per heavy atom. The maximum Gasteiger partial charge on any atom is 0.244 e. The third kappa shape index (κ3) is 3.47. The van der Waals surface area contributed by atoms with Crippen LogP contribution in [0.5, 0.6) is 0 Å². The summed E-state index contributed by atoms with van der Waals surface area (Å²) >= 11 is 0. The zero-order valence-corrected chi connectivity index (χ0v) is 11.1. The maximum absolute atomic E-state index is 11.8. The first-order valence-corrected chi connectivity index (χ1v) is 6.45. The van der Waals surface area contributed by atoms with Crippen molar-refractivity contribution in [1.29, 1.82) is 0 Å². The molecule has 1 aliphatic rings. The molecule has 5 heteroatoms. The summed E-state index contributed by atoms with van der Waals surface area (Å²) in [6, 6.07) is 7.15. The molecule has 1 aromatic carbocycles. The fourth-order valence-corrected chi connectivity index (χ4v) is 2.23. The summed E-state index contributed by atoms with van der Waals surface area (Å²) < 4.78 is 0. The van der Waals surface area contributed by atoms with Crippen molar-refractivity contribution < 1.29 is 9.59 Å². The Hall–Kier alpha value is -2.04. The lowest BCUT2D eigenvalue weighted by atomic mass is 10.1. The second kappa shape index (κ2) is 5.73. The van der Waals surface area contributed by atoms with E-state index >= 15 is 0 Å². The molecule has 1 unspecified atom stereocenters. The SMILES string of the molecule is CN1CCC(NC(=O)CCc2cccc(N)c2)C1=O. The molecule has 0 radical (unpaired) electrons. The van der Waals surface area contributed by atoms with Gasteiger partial charge < -0.3 is 16.0 Å². The summed E-state index contributed by atoms with van der Waals surface area (Å²) in [6.45, 7) is 0.707. The standard InChI is InChI=1S/C14H19N3O2/c1-17-8-7-12(14(17)19)16-13(18)6-5-10-3-2-4-11(15)9-10/h2-4,9,12H,5-8,15H2,1H3,(H,16,18). The van der Waals surface area contributed by atoms with Crippen molar-refractivity contribution in [3.8, 4) is 0 Å². The van der Waals surface area contributed by atoms with Crippen molar-refractivity contribution in [1.82, 2.24) is 10.2 Å². The molecule has 2 amide bonds. The van der Waals surface area contributed by atoms with Gasteiger partial charge in [-0.15, -0.1) is 0 Å². The molecular formula is C14H19N3O2. The predicted molar refractivity (Wildman–Crippen MR) is 73.4 cm³/mol. The van der Waals surface area contributed by atoms with Crippen LogP contribution in [-0.2, 0) is 16.0 Å². The van der Waals surface area contributed by atoms with Gasteiger partial charge in [0.15, 0.2) is 0 Å². The number of likely N-dealkylation sites (tertiary alicyclic amines) is 1. The van der Waals surface area contributed by atoms with Gasteiger partial charge in [0, 0.05) is 25.7 Å². The number of aryl methyl sites for hydroxylation is 1. The highest BCUT2D eigenvalue weighted by Crippen LogP contribution is 2.11. The third-order valence-electron chi connectivity index (χ3n) is 3.35. The minimum absolute atomic E-state index is 0.00249. The number of benzene rings is 1. The van der Waals surface area contributed by atoms with Gasteiger partial charge >= 0.3 is 0 Å². The number of carbonyl (C=O) groups is 2. The number of anilines is 1. The highest BCUT2D eigenvalue weighted by molar-refractivity contribution is 5.89. The first-order valence-electron chi connectivity index (χ1n) is 6.45. The Balaban J connectivity index is 1.80. The zero-order chi connectivity index (χ0) is 13.8. The van der Waals surface area contributed by atoms with Crippen molar-refractivity contribution in [2.75, 3.05) is 19.3 Å². The molecule has 1 atom stereocenters. The number of nitrogen functional groups attached to an aromatic ring is 1. The monoisotopic (exact) mass is 261 g/mol. The molecule has 2 rings (SSSR count). The molecule has 0 aromatic heterocycles. The van der Waals surface area contributed by atoms with Gasteiger partial charge in [-0.1, -0.05) is 12.1 Å². The van der Waals surface area contributed by atoms with E-state index in [1.165, 1.54) is 0 Å². The molecule has 0 bridgehead atoms. The average Bonchev–Trinajstić information content (AvgIpc) is 2.69. The smallest absolute Gasteiger partial charge is 0.244 e. The number of hydrogen-bond acceptors (Lipinski definition) is 3. The molecule has 3 N–H and O–H groups in total. The lowest BCUT2D eigenvalue weighted by Crippen LogP contribution is -2.40. The maximum atomic E-state index is 11.8. The van der Waals surface area contributed by atoms with E-state index in [0.29, 0.717) is 31.5 Å². The van der Waals surface area contributed by atoms with Crippen molar-refractivity contribution in [3.63, 3.8) is 0 Å². The Morgan fingerprint density at radius 1 is 1.53 bits per heavy atom. The third-order valence-corrected chi connectivity index (χ3v) is 3.35. The van der Waals surface area contributed by atoms with Crippen molar-refractivity contribution in [2.45, 2.75) is 25.3 Å². The number of likely N-dealkylation sites (N-methyl/N-ethyl adjacent to an activating group) is 1. The molecule has 1 aliphatic heterocycles. The van der Waals surface area contributed by atoms with Gasteiger partial charge in [-0.2, -0.15) is 0 Å². The second-order valence-electron chi connectivity index (χ2n) is 4.91. The molecule has 0 aliphatic carbocycles. The Labute approximate surface area is 112 Å². The van der Waals surface area contributed by atoms with Crippen LogP contribution in [0.3, 0.4) is 0 Å². The van der Waals surface area contributed by atoms with Gasteiger partial charge in [0.05, 0.1) is 0 Å². The Morgan fingerprint density at radius 2 is 2.32 bits per heavy atom. The molecule has 5 nitrogen and oxygen atoms in total. The van der Waals surface area contributed by atoms with E-state index in [1.54, 1.807) is 11.9 Å². The number of nitrogens with two attached hydrogens (primary N) is 1.